The number of aliphatic carboxylic acids is 1. The fourth-order valence-corrected chi connectivity index (χ4v) is 1.47. The van der Waals surface area contributed by atoms with E-state index in [9.17, 15) is 15.0 Å². The van der Waals surface area contributed by atoms with E-state index in [0.717, 1.165) is 5.56 Å². The number of hydrogen-bond acceptors (Lipinski definition) is 3. The van der Waals surface area contributed by atoms with Crippen molar-refractivity contribution in [3.05, 3.63) is 35.9 Å². The van der Waals surface area contributed by atoms with Gasteiger partial charge in [-0.2, -0.15) is 0 Å². The molecule has 0 saturated carbocycles. The van der Waals surface area contributed by atoms with Crippen LogP contribution < -0.4 is 34.7 Å². The smallest absolute Gasteiger partial charge is 0.550 e. The van der Waals surface area contributed by atoms with E-state index in [1.807, 2.05) is 30.3 Å². The molecule has 0 spiro atoms. The summed E-state index contributed by atoms with van der Waals surface area (Å²) in [4.78, 5) is 10.1. The van der Waals surface area contributed by atoms with Crippen molar-refractivity contribution in [1.29, 1.82) is 0 Å². The molecule has 82 valence electrons. The summed E-state index contributed by atoms with van der Waals surface area (Å²) in [6.45, 7) is 0. The molecule has 4 heteroatoms. The van der Waals surface area contributed by atoms with Gasteiger partial charge >= 0.3 is 29.6 Å². The minimum absolute atomic E-state index is 0. The number of carbonyl (C=O) groups is 1. The molecule has 1 aromatic rings. The number of carboxylic acid groups (broad SMARTS) is 1. The molecule has 0 aromatic heterocycles. The van der Waals surface area contributed by atoms with Crippen molar-refractivity contribution in [3.8, 4) is 0 Å². The SMILES string of the molecule is O=C([O-])CCCC(O)Cc1ccccc1.[Na+]. The van der Waals surface area contributed by atoms with Crippen LogP contribution in [0.15, 0.2) is 30.3 Å². The quantitative estimate of drug-likeness (QED) is 0.550. The molecule has 1 atom stereocenters. The van der Waals surface area contributed by atoms with E-state index in [-0.39, 0.29) is 36.0 Å². The standard InChI is InChI=1S/C12H16O3.Na/c13-11(7-4-8-12(14)15)9-10-5-2-1-3-6-10;/h1-3,5-6,11,13H,4,7-9H2,(H,14,15);/q;+1/p-1. The number of carboxylic acids is 1. The minimum atomic E-state index is -1.05. The molecule has 0 aliphatic rings. The Kier molecular flexibility index (Phi) is 8.57. The molecule has 1 unspecified atom stereocenters. The van der Waals surface area contributed by atoms with Gasteiger partial charge in [-0.15, -0.1) is 0 Å². The third kappa shape index (κ3) is 7.01. The van der Waals surface area contributed by atoms with Gasteiger partial charge in [0.25, 0.3) is 0 Å². The van der Waals surface area contributed by atoms with Gasteiger partial charge in [0, 0.05) is 5.97 Å². The fourth-order valence-electron chi connectivity index (χ4n) is 1.47. The van der Waals surface area contributed by atoms with Crippen LogP contribution in [0.3, 0.4) is 0 Å². The molecule has 16 heavy (non-hydrogen) atoms. The van der Waals surface area contributed by atoms with E-state index in [2.05, 4.69) is 0 Å². The summed E-state index contributed by atoms with van der Waals surface area (Å²) in [6.07, 6.45) is 1.10. The first-order valence-corrected chi connectivity index (χ1v) is 5.10. The number of aliphatic hydroxyl groups is 1. The summed E-state index contributed by atoms with van der Waals surface area (Å²) in [5.41, 5.74) is 1.07. The number of carbonyl (C=O) groups excluding carboxylic acids is 1. The van der Waals surface area contributed by atoms with Gasteiger partial charge in [-0.05, 0) is 31.2 Å². The van der Waals surface area contributed by atoms with Crippen molar-refractivity contribution in [2.24, 2.45) is 0 Å². The molecule has 0 heterocycles. The van der Waals surface area contributed by atoms with E-state index in [1.165, 1.54) is 0 Å². The molecule has 0 bridgehead atoms. The number of aliphatic hydroxyl groups excluding tert-OH is 1. The van der Waals surface area contributed by atoms with Crippen LogP contribution in [-0.2, 0) is 11.2 Å². The molecule has 0 aliphatic carbocycles. The van der Waals surface area contributed by atoms with Gasteiger partial charge in [0.15, 0.2) is 0 Å². The van der Waals surface area contributed by atoms with Gasteiger partial charge in [0.2, 0.25) is 0 Å². The van der Waals surface area contributed by atoms with E-state index in [0.29, 0.717) is 19.3 Å². The zero-order chi connectivity index (χ0) is 11.1. The zero-order valence-corrected chi connectivity index (χ0v) is 11.6. The Morgan fingerprint density at radius 3 is 2.50 bits per heavy atom. The van der Waals surface area contributed by atoms with Gasteiger partial charge in [-0.25, -0.2) is 0 Å². The maximum atomic E-state index is 10.1. The first-order valence-electron chi connectivity index (χ1n) is 5.10. The maximum Gasteiger partial charge on any atom is 1.00 e. The van der Waals surface area contributed by atoms with Crippen molar-refractivity contribution >= 4 is 5.97 Å². The predicted molar refractivity (Wildman–Crippen MR) is 55.0 cm³/mol. The fraction of sp³-hybridized carbons (Fsp3) is 0.417. The number of rotatable bonds is 6. The maximum absolute atomic E-state index is 10.1. The Balaban J connectivity index is 0.00000225. The minimum Gasteiger partial charge on any atom is -0.550 e. The van der Waals surface area contributed by atoms with E-state index >= 15 is 0 Å². The predicted octanol–water partition coefficient (Wildman–Crippen LogP) is -2.49. The van der Waals surface area contributed by atoms with Crippen LogP contribution >= 0.6 is 0 Å². The summed E-state index contributed by atoms with van der Waals surface area (Å²) < 4.78 is 0. The first kappa shape index (κ1) is 15.7. The molecule has 3 nitrogen and oxygen atoms in total. The average Bonchev–Trinajstić information content (AvgIpc) is 2.18. The molecule has 0 fully saturated rings. The monoisotopic (exact) mass is 230 g/mol. The van der Waals surface area contributed by atoms with Crippen LogP contribution in [0.25, 0.3) is 0 Å². The molecular formula is C12H15NaO3. The third-order valence-electron chi connectivity index (χ3n) is 2.23. The Labute approximate surface area is 118 Å². The van der Waals surface area contributed by atoms with Crippen molar-refractivity contribution < 1.29 is 44.6 Å². The molecule has 0 aliphatic heterocycles. The van der Waals surface area contributed by atoms with Gasteiger partial charge in [-0.1, -0.05) is 30.3 Å². The summed E-state index contributed by atoms with van der Waals surface area (Å²) in [5, 5.41) is 19.7. The van der Waals surface area contributed by atoms with Crippen LogP contribution in [0, 0.1) is 0 Å². The van der Waals surface area contributed by atoms with Crippen molar-refractivity contribution in [2.75, 3.05) is 0 Å². The van der Waals surface area contributed by atoms with Gasteiger partial charge in [0.1, 0.15) is 0 Å². The molecule has 1 N–H and O–H groups in total. The summed E-state index contributed by atoms with van der Waals surface area (Å²) in [6, 6.07) is 9.66. The summed E-state index contributed by atoms with van der Waals surface area (Å²) >= 11 is 0. The van der Waals surface area contributed by atoms with Crippen LogP contribution in [0.4, 0.5) is 0 Å². The second-order valence-electron chi connectivity index (χ2n) is 3.61. The number of hydrogen-bond donors (Lipinski definition) is 1. The molecule has 1 aromatic carbocycles. The molecule has 1 rings (SSSR count). The Bertz CT molecular complexity index is 300. The molecule has 0 radical (unpaired) electrons. The topological polar surface area (TPSA) is 60.4 Å². The van der Waals surface area contributed by atoms with Crippen LogP contribution in [-0.4, -0.2) is 17.2 Å². The van der Waals surface area contributed by atoms with E-state index in [4.69, 9.17) is 0 Å². The van der Waals surface area contributed by atoms with Gasteiger partial charge in [-0.3, -0.25) is 0 Å². The normalized spacial score (nSPS) is 11.6. The van der Waals surface area contributed by atoms with Crippen LogP contribution in [0.5, 0.6) is 0 Å². The average molecular weight is 230 g/mol. The van der Waals surface area contributed by atoms with Crippen LogP contribution in [0.2, 0.25) is 0 Å². The van der Waals surface area contributed by atoms with Gasteiger partial charge in [0.05, 0.1) is 6.10 Å². The molecular weight excluding hydrogens is 215 g/mol. The van der Waals surface area contributed by atoms with E-state index < -0.39 is 12.1 Å². The summed E-state index contributed by atoms with van der Waals surface area (Å²) in [5.74, 6) is -1.05. The molecule has 0 saturated heterocycles. The second kappa shape index (κ2) is 8.76. The third-order valence-corrected chi connectivity index (χ3v) is 2.23. The van der Waals surface area contributed by atoms with Crippen molar-refractivity contribution in [3.63, 3.8) is 0 Å². The van der Waals surface area contributed by atoms with Gasteiger partial charge < -0.3 is 15.0 Å². The largest absolute Gasteiger partial charge is 1.00 e. The Hall–Kier alpha value is -0.350. The summed E-state index contributed by atoms with van der Waals surface area (Å²) in [7, 11) is 0. The van der Waals surface area contributed by atoms with E-state index in [1.54, 1.807) is 0 Å². The zero-order valence-electron chi connectivity index (χ0n) is 9.56. The Morgan fingerprint density at radius 2 is 1.94 bits per heavy atom. The Morgan fingerprint density at radius 1 is 1.31 bits per heavy atom. The second-order valence-corrected chi connectivity index (χ2v) is 3.61. The van der Waals surface area contributed by atoms with Crippen molar-refractivity contribution in [1.82, 2.24) is 0 Å². The molecule has 0 amide bonds. The van der Waals surface area contributed by atoms with Crippen molar-refractivity contribution in [2.45, 2.75) is 31.8 Å². The first-order chi connectivity index (χ1) is 7.18. The number of benzene rings is 1. The van der Waals surface area contributed by atoms with Crippen LogP contribution in [0.1, 0.15) is 24.8 Å².